The number of carbonyl (C=O) groups is 1. The van der Waals surface area contributed by atoms with Crippen LogP contribution in [0.3, 0.4) is 0 Å². The van der Waals surface area contributed by atoms with E-state index in [1.165, 1.54) is 4.57 Å². The molecule has 33 heavy (non-hydrogen) atoms. The van der Waals surface area contributed by atoms with E-state index in [4.69, 9.17) is 5.73 Å². The lowest BCUT2D eigenvalue weighted by atomic mass is 10.1. The van der Waals surface area contributed by atoms with Crippen molar-refractivity contribution in [3.63, 3.8) is 0 Å². The lowest BCUT2D eigenvalue weighted by Crippen LogP contribution is -2.41. The molecule has 0 bridgehead atoms. The van der Waals surface area contributed by atoms with E-state index in [9.17, 15) is 14.4 Å². The number of rotatable bonds is 7. The van der Waals surface area contributed by atoms with Gasteiger partial charge in [-0.2, -0.15) is 0 Å². The fourth-order valence-electron chi connectivity index (χ4n) is 4.60. The van der Waals surface area contributed by atoms with Gasteiger partial charge in [-0.15, -0.1) is 0 Å². The number of benzene rings is 2. The summed E-state index contributed by atoms with van der Waals surface area (Å²) in [5.74, 6) is 0.0454. The van der Waals surface area contributed by atoms with Crippen molar-refractivity contribution in [2.24, 2.45) is 17.6 Å². The first-order valence-electron chi connectivity index (χ1n) is 11.5. The molecule has 0 aliphatic heterocycles. The Morgan fingerprint density at radius 3 is 2.24 bits per heavy atom. The molecule has 2 aromatic heterocycles. The van der Waals surface area contributed by atoms with Crippen LogP contribution in [0.4, 0.5) is 0 Å². The van der Waals surface area contributed by atoms with Crippen LogP contribution < -0.4 is 17.0 Å². The summed E-state index contributed by atoms with van der Waals surface area (Å²) in [5.41, 5.74) is 6.41. The van der Waals surface area contributed by atoms with Crippen LogP contribution in [0.15, 0.2) is 52.1 Å². The van der Waals surface area contributed by atoms with Crippen LogP contribution in [-0.2, 0) is 19.6 Å². The van der Waals surface area contributed by atoms with E-state index < -0.39 is 11.5 Å². The molecule has 1 amide bonds. The number of nitrogens with zero attached hydrogens (tertiary/aromatic N) is 4. The molecule has 2 saturated carbocycles. The predicted octanol–water partition coefficient (Wildman–Crippen LogP) is 2.48. The smallest absolute Gasteiger partial charge is 0.332 e. The molecule has 6 rings (SSSR count). The van der Waals surface area contributed by atoms with Gasteiger partial charge >= 0.3 is 5.69 Å². The molecule has 8 heteroatoms. The Balaban J connectivity index is 1.57. The zero-order chi connectivity index (χ0) is 22.7. The first-order valence-corrected chi connectivity index (χ1v) is 11.5. The van der Waals surface area contributed by atoms with Crippen molar-refractivity contribution in [3.05, 3.63) is 74.7 Å². The standard InChI is InChI=1S/C25H25N5O3/c26-21(31)23-27-22-20(28(23)14-17-9-10-18-3-1-2-4-19(18)11-17)24(32)30(13-16-7-8-16)25(33)29(22)12-15-5-6-15/h1-4,9-11,15-16H,5-8,12-14H2,(H2,26,31). The molecule has 0 atom stereocenters. The summed E-state index contributed by atoms with van der Waals surface area (Å²) >= 11 is 0. The number of carbonyl (C=O) groups excluding carboxylic acids is 1. The highest BCUT2D eigenvalue weighted by Crippen LogP contribution is 2.32. The quantitative estimate of drug-likeness (QED) is 0.474. The van der Waals surface area contributed by atoms with Gasteiger partial charge in [-0.25, -0.2) is 9.78 Å². The third-order valence-electron chi connectivity index (χ3n) is 6.76. The van der Waals surface area contributed by atoms with Crippen LogP contribution in [-0.4, -0.2) is 24.6 Å². The minimum atomic E-state index is -0.717. The van der Waals surface area contributed by atoms with Gasteiger partial charge in [0, 0.05) is 13.1 Å². The fraction of sp³-hybridized carbons (Fsp3) is 0.360. The van der Waals surface area contributed by atoms with E-state index in [1.54, 1.807) is 9.13 Å². The molecule has 2 aliphatic rings. The molecule has 2 aromatic carbocycles. The van der Waals surface area contributed by atoms with Gasteiger partial charge in [0.25, 0.3) is 11.5 Å². The van der Waals surface area contributed by atoms with Gasteiger partial charge in [-0.1, -0.05) is 36.4 Å². The highest BCUT2D eigenvalue weighted by Gasteiger charge is 2.30. The molecule has 0 spiro atoms. The van der Waals surface area contributed by atoms with Crippen molar-refractivity contribution in [3.8, 4) is 0 Å². The van der Waals surface area contributed by atoms with Gasteiger partial charge in [0.05, 0.1) is 6.54 Å². The molecule has 2 N–H and O–H groups in total. The first-order chi connectivity index (χ1) is 16.0. The van der Waals surface area contributed by atoms with Gasteiger partial charge in [-0.05, 0) is 59.9 Å². The monoisotopic (exact) mass is 443 g/mol. The summed E-state index contributed by atoms with van der Waals surface area (Å²) < 4.78 is 4.52. The summed E-state index contributed by atoms with van der Waals surface area (Å²) in [4.78, 5) is 43.6. The number of fused-ring (bicyclic) bond motifs is 2. The van der Waals surface area contributed by atoms with Gasteiger partial charge in [0.1, 0.15) is 0 Å². The number of amides is 1. The maximum Gasteiger partial charge on any atom is 0.332 e. The summed E-state index contributed by atoms with van der Waals surface area (Å²) in [6.07, 6.45) is 4.15. The second-order valence-electron chi connectivity index (χ2n) is 9.44. The minimum Gasteiger partial charge on any atom is -0.363 e. The lowest BCUT2D eigenvalue weighted by Gasteiger charge is -2.13. The van der Waals surface area contributed by atoms with E-state index in [0.29, 0.717) is 24.9 Å². The zero-order valence-corrected chi connectivity index (χ0v) is 18.2. The topological polar surface area (TPSA) is 105 Å². The van der Waals surface area contributed by atoms with E-state index in [2.05, 4.69) is 4.98 Å². The summed E-state index contributed by atoms with van der Waals surface area (Å²) in [5, 5.41) is 2.17. The Labute approximate surface area is 189 Å². The maximum atomic E-state index is 13.6. The predicted molar refractivity (Wildman–Crippen MR) is 125 cm³/mol. The molecule has 168 valence electrons. The van der Waals surface area contributed by atoms with Crippen molar-refractivity contribution >= 4 is 27.8 Å². The van der Waals surface area contributed by atoms with Crippen LogP contribution in [0.5, 0.6) is 0 Å². The van der Waals surface area contributed by atoms with Crippen molar-refractivity contribution < 1.29 is 4.79 Å². The third kappa shape index (κ3) is 3.55. The van der Waals surface area contributed by atoms with Crippen molar-refractivity contribution in [1.29, 1.82) is 0 Å². The summed E-state index contributed by atoms with van der Waals surface area (Å²) in [6.45, 7) is 1.18. The lowest BCUT2D eigenvalue weighted by molar-refractivity contribution is 0.0987. The molecule has 2 fully saturated rings. The average Bonchev–Trinajstić information content (AvgIpc) is 3.73. The molecule has 0 radical (unpaired) electrons. The van der Waals surface area contributed by atoms with Crippen molar-refractivity contribution in [1.82, 2.24) is 18.7 Å². The summed E-state index contributed by atoms with van der Waals surface area (Å²) in [7, 11) is 0. The Morgan fingerprint density at radius 1 is 0.909 bits per heavy atom. The molecular formula is C25H25N5O3. The number of primary amides is 1. The largest absolute Gasteiger partial charge is 0.363 e. The van der Waals surface area contributed by atoms with E-state index in [-0.39, 0.29) is 29.2 Å². The maximum absolute atomic E-state index is 13.6. The molecular weight excluding hydrogens is 418 g/mol. The Morgan fingerprint density at radius 2 is 1.58 bits per heavy atom. The molecule has 0 saturated heterocycles. The Hall–Kier alpha value is -3.68. The van der Waals surface area contributed by atoms with Crippen molar-refractivity contribution in [2.75, 3.05) is 0 Å². The first kappa shape index (κ1) is 20.0. The number of hydrogen-bond acceptors (Lipinski definition) is 4. The fourth-order valence-corrected chi connectivity index (χ4v) is 4.60. The van der Waals surface area contributed by atoms with Gasteiger partial charge in [0.15, 0.2) is 11.2 Å². The number of imidazole rings is 1. The Bertz CT molecular complexity index is 1540. The van der Waals surface area contributed by atoms with Crippen LogP contribution in [0.1, 0.15) is 41.9 Å². The van der Waals surface area contributed by atoms with Crippen LogP contribution in [0, 0.1) is 11.8 Å². The third-order valence-corrected chi connectivity index (χ3v) is 6.76. The molecule has 0 unspecified atom stereocenters. The summed E-state index contributed by atoms with van der Waals surface area (Å²) in [6, 6.07) is 14.0. The average molecular weight is 444 g/mol. The number of aromatic nitrogens is 4. The van der Waals surface area contributed by atoms with Crippen LogP contribution in [0.25, 0.3) is 21.9 Å². The minimum absolute atomic E-state index is 0.00313. The van der Waals surface area contributed by atoms with Crippen molar-refractivity contribution in [2.45, 2.75) is 45.3 Å². The molecule has 8 nitrogen and oxygen atoms in total. The van der Waals surface area contributed by atoms with Crippen LogP contribution >= 0.6 is 0 Å². The molecule has 4 aromatic rings. The van der Waals surface area contributed by atoms with E-state index >= 15 is 0 Å². The van der Waals surface area contributed by atoms with Gasteiger partial charge in [-0.3, -0.25) is 18.7 Å². The normalized spacial score (nSPS) is 16.0. The van der Waals surface area contributed by atoms with Gasteiger partial charge < -0.3 is 10.3 Å². The molecule has 2 aliphatic carbocycles. The molecule has 2 heterocycles. The van der Waals surface area contributed by atoms with E-state index in [0.717, 1.165) is 42.0 Å². The number of hydrogen-bond donors (Lipinski definition) is 1. The van der Waals surface area contributed by atoms with E-state index in [1.807, 2.05) is 42.5 Å². The second kappa shape index (κ2) is 7.43. The SMILES string of the molecule is NC(=O)c1nc2c(c(=O)n(CC3CC3)c(=O)n2CC2CC2)n1Cc1ccc2ccccc2c1. The van der Waals surface area contributed by atoms with Gasteiger partial charge in [0.2, 0.25) is 5.82 Å². The second-order valence-corrected chi connectivity index (χ2v) is 9.44. The zero-order valence-electron chi connectivity index (χ0n) is 18.2. The van der Waals surface area contributed by atoms with Crippen LogP contribution in [0.2, 0.25) is 0 Å². The highest BCUT2D eigenvalue weighted by atomic mass is 16.2. The Kier molecular flexibility index (Phi) is 4.50. The number of nitrogens with two attached hydrogens (primary N) is 1. The highest BCUT2D eigenvalue weighted by molar-refractivity contribution is 5.93.